The zero-order valence-electron chi connectivity index (χ0n) is 31.0. The molecule has 1 atom stereocenters. The molecule has 3 amide bonds. The number of carbonyl (C=O) groups excluding carboxylic acids is 2. The molecule has 0 saturated carbocycles. The van der Waals surface area contributed by atoms with Gasteiger partial charge >= 0.3 is 6.03 Å². The van der Waals surface area contributed by atoms with E-state index in [1.165, 1.54) is 5.56 Å². The molecule has 54 heavy (non-hydrogen) atoms. The Hall–Kier alpha value is -4.18. The van der Waals surface area contributed by atoms with E-state index in [1.807, 2.05) is 41.9 Å². The number of likely N-dealkylation sites (N-methyl/N-ethyl adjacent to an activating group) is 1. The number of fused-ring (bicyclic) bond motifs is 1. The van der Waals surface area contributed by atoms with Gasteiger partial charge in [0.2, 0.25) is 15.9 Å². The van der Waals surface area contributed by atoms with E-state index < -0.39 is 16.1 Å². The second-order valence-electron chi connectivity index (χ2n) is 15.3. The Kier molecular flexibility index (Phi) is 10.3. The predicted molar refractivity (Wildman–Crippen MR) is 210 cm³/mol. The molecule has 0 radical (unpaired) electrons. The summed E-state index contributed by atoms with van der Waals surface area (Å²) in [5.41, 5.74) is 3.25. The Morgan fingerprint density at radius 1 is 0.944 bits per heavy atom. The molecule has 5 aliphatic heterocycles. The van der Waals surface area contributed by atoms with Gasteiger partial charge in [-0.1, -0.05) is 23.7 Å². The number of nitrogens with one attached hydrogen (secondary N) is 2. The van der Waals surface area contributed by atoms with Gasteiger partial charge in [0.15, 0.2) is 11.8 Å². The first kappa shape index (κ1) is 36.8. The molecule has 4 fully saturated rings. The van der Waals surface area contributed by atoms with Gasteiger partial charge < -0.3 is 20.0 Å². The third-order valence-electron chi connectivity index (χ3n) is 11.7. The standard InChI is InChI=1S/C38H49ClN10O4S/c1-44-25-29(39)22-40-37(44)41-30-11-17-48(18-12-30)54(52,53)32-5-3-4-31(21-32)47-16-8-26(24-47)23-46-14-9-27(10-15-46)28-6-7-33-34(20-28)45(2)43-36(33)49-19-13-35(50)42-38(49)51/h3-7,20-22,26-27,30H,8-19,23-25H2,1-2H3,(H,40,41)(H,42,50,51)/t26-/m1/s1. The average Bonchev–Trinajstić information content (AvgIpc) is 3.77. The van der Waals surface area contributed by atoms with E-state index in [4.69, 9.17) is 16.6 Å². The number of carbonyl (C=O) groups is 2. The number of imide groups is 1. The minimum absolute atomic E-state index is 0.0574. The van der Waals surface area contributed by atoms with Crippen molar-refractivity contribution in [2.24, 2.45) is 18.0 Å². The number of benzene rings is 2. The van der Waals surface area contributed by atoms with Gasteiger partial charge in [-0.3, -0.25) is 19.7 Å². The number of aliphatic imine (C=N–C) groups is 1. The third-order valence-corrected chi connectivity index (χ3v) is 13.8. The predicted octanol–water partition coefficient (Wildman–Crippen LogP) is 3.85. The van der Waals surface area contributed by atoms with Gasteiger partial charge in [-0.15, -0.1) is 0 Å². The maximum absolute atomic E-state index is 13.8. The molecule has 0 unspecified atom stereocenters. The number of hydrogen-bond acceptors (Lipinski definition) is 8. The molecule has 6 heterocycles. The Morgan fingerprint density at radius 2 is 1.74 bits per heavy atom. The van der Waals surface area contributed by atoms with Gasteiger partial charge in [-0.25, -0.2) is 18.2 Å². The fourth-order valence-electron chi connectivity index (χ4n) is 8.62. The summed E-state index contributed by atoms with van der Waals surface area (Å²) in [4.78, 5) is 37.8. The van der Waals surface area contributed by atoms with E-state index in [-0.39, 0.29) is 18.4 Å². The van der Waals surface area contributed by atoms with Crippen LogP contribution in [0.5, 0.6) is 0 Å². The molecule has 2 aromatic carbocycles. The van der Waals surface area contributed by atoms with E-state index in [1.54, 1.807) is 21.5 Å². The number of hydrogen-bond donors (Lipinski definition) is 2. The minimum atomic E-state index is -3.61. The summed E-state index contributed by atoms with van der Waals surface area (Å²) in [5, 5.41) is 11.8. The van der Waals surface area contributed by atoms with Gasteiger partial charge in [-0.05, 0) is 92.9 Å². The molecular weight excluding hydrogens is 728 g/mol. The van der Waals surface area contributed by atoms with Crippen LogP contribution in [0.25, 0.3) is 10.9 Å². The van der Waals surface area contributed by atoms with Crippen LogP contribution >= 0.6 is 11.6 Å². The zero-order chi connectivity index (χ0) is 37.6. The Balaban J connectivity index is 0.832. The molecular formula is C38H49ClN10O4S. The fraction of sp³-hybridized carbons (Fsp3) is 0.526. The van der Waals surface area contributed by atoms with Gasteiger partial charge in [-0.2, -0.15) is 9.40 Å². The summed E-state index contributed by atoms with van der Waals surface area (Å²) in [7, 11) is 0.226. The first-order chi connectivity index (χ1) is 26.0. The number of aromatic nitrogens is 2. The summed E-state index contributed by atoms with van der Waals surface area (Å²) in [6, 6.07) is 13.6. The molecule has 0 aliphatic carbocycles. The molecule has 8 rings (SSSR count). The smallest absolute Gasteiger partial charge is 0.329 e. The number of halogens is 1. The highest BCUT2D eigenvalue weighted by atomic mass is 35.5. The summed E-state index contributed by atoms with van der Waals surface area (Å²) in [5.74, 6) is 2.08. The summed E-state index contributed by atoms with van der Waals surface area (Å²) in [6.07, 6.45) is 6.61. The van der Waals surface area contributed by atoms with Gasteiger partial charge in [0.1, 0.15) is 0 Å². The van der Waals surface area contributed by atoms with Crippen LogP contribution in [0.1, 0.15) is 50.0 Å². The highest BCUT2D eigenvalue weighted by Gasteiger charge is 2.33. The Morgan fingerprint density at radius 3 is 2.50 bits per heavy atom. The van der Waals surface area contributed by atoms with Gasteiger partial charge in [0.25, 0.3) is 0 Å². The number of aryl methyl sites for hydroxylation is 1. The molecule has 14 nitrogen and oxygen atoms in total. The van der Waals surface area contributed by atoms with Crippen molar-refractivity contribution >= 4 is 61.9 Å². The van der Waals surface area contributed by atoms with Crippen molar-refractivity contribution in [3.8, 4) is 0 Å². The SMILES string of the molecule is CN1CC(Cl)=CNC1=NC1CCN(S(=O)(=O)c2cccc(N3CC[C@H](CN4CCC(c5ccc6c(N7CCC(=O)NC7=O)nn(C)c6c5)CC4)C3)c2)CC1. The van der Waals surface area contributed by atoms with Crippen LogP contribution in [0.2, 0.25) is 0 Å². The van der Waals surface area contributed by atoms with Crippen molar-refractivity contribution in [1.82, 2.24) is 34.5 Å². The second kappa shape index (κ2) is 15.2. The lowest BCUT2D eigenvalue weighted by Gasteiger charge is -2.34. The second-order valence-corrected chi connectivity index (χ2v) is 17.8. The molecule has 4 saturated heterocycles. The molecule has 1 aromatic heterocycles. The highest BCUT2D eigenvalue weighted by molar-refractivity contribution is 7.89. The lowest BCUT2D eigenvalue weighted by Crippen LogP contribution is -2.49. The molecule has 288 valence electrons. The number of sulfonamides is 1. The van der Waals surface area contributed by atoms with Gasteiger partial charge in [0.05, 0.1) is 28.0 Å². The lowest BCUT2D eigenvalue weighted by molar-refractivity contribution is -0.120. The Bertz CT molecular complexity index is 2090. The molecule has 2 N–H and O–H groups in total. The van der Waals surface area contributed by atoms with E-state index in [0.29, 0.717) is 61.6 Å². The molecule has 3 aromatic rings. The maximum atomic E-state index is 13.8. The van der Waals surface area contributed by atoms with Crippen molar-refractivity contribution in [3.63, 3.8) is 0 Å². The van der Waals surface area contributed by atoms with Crippen LogP contribution in [-0.2, 0) is 21.9 Å². The number of rotatable bonds is 8. The first-order valence-electron chi connectivity index (χ1n) is 19.1. The molecule has 0 bridgehead atoms. The molecule has 16 heteroatoms. The monoisotopic (exact) mass is 776 g/mol. The normalized spacial score (nSPS) is 23.7. The van der Waals surface area contributed by atoms with Crippen LogP contribution in [-0.4, -0.2) is 122 Å². The summed E-state index contributed by atoms with van der Waals surface area (Å²) >= 11 is 6.11. The van der Waals surface area contributed by atoms with Crippen molar-refractivity contribution in [3.05, 3.63) is 59.3 Å². The number of nitrogens with zero attached hydrogens (tertiary/aromatic N) is 8. The van der Waals surface area contributed by atoms with Crippen LogP contribution in [0.4, 0.5) is 16.3 Å². The topological polar surface area (TPSA) is 139 Å². The quantitative estimate of drug-likeness (QED) is 0.350. The minimum Gasteiger partial charge on any atom is -0.371 e. The maximum Gasteiger partial charge on any atom is 0.329 e. The van der Waals surface area contributed by atoms with E-state index in [2.05, 4.69) is 43.7 Å². The van der Waals surface area contributed by atoms with Crippen molar-refractivity contribution in [1.29, 1.82) is 0 Å². The summed E-state index contributed by atoms with van der Waals surface area (Å²) in [6.45, 7) is 6.77. The van der Waals surface area contributed by atoms with Crippen molar-refractivity contribution in [2.75, 3.05) is 75.8 Å². The fourth-order valence-corrected chi connectivity index (χ4v) is 10.4. The number of likely N-dealkylation sites (tertiary alicyclic amines) is 1. The number of urea groups is 1. The van der Waals surface area contributed by atoms with E-state index in [0.717, 1.165) is 79.6 Å². The van der Waals surface area contributed by atoms with Crippen LogP contribution < -0.4 is 20.4 Å². The third kappa shape index (κ3) is 7.55. The molecule has 0 spiro atoms. The average molecular weight is 777 g/mol. The highest BCUT2D eigenvalue weighted by Crippen LogP contribution is 2.35. The van der Waals surface area contributed by atoms with Gasteiger partial charge in [0, 0.05) is 77.1 Å². The van der Waals surface area contributed by atoms with Crippen molar-refractivity contribution in [2.45, 2.75) is 55.4 Å². The number of guanidine groups is 1. The number of piperidine rings is 2. The Labute approximate surface area is 321 Å². The van der Waals surface area contributed by atoms with Crippen LogP contribution in [0.3, 0.4) is 0 Å². The number of anilines is 2. The number of amides is 3. The van der Waals surface area contributed by atoms with Crippen molar-refractivity contribution < 1.29 is 18.0 Å². The lowest BCUT2D eigenvalue weighted by atomic mass is 9.88. The van der Waals surface area contributed by atoms with E-state index in [9.17, 15) is 18.0 Å². The van der Waals surface area contributed by atoms with E-state index >= 15 is 0 Å². The summed E-state index contributed by atoms with van der Waals surface area (Å²) < 4.78 is 30.9. The van der Waals surface area contributed by atoms with Crippen LogP contribution in [0, 0.1) is 5.92 Å². The largest absolute Gasteiger partial charge is 0.371 e. The first-order valence-corrected chi connectivity index (χ1v) is 20.9. The zero-order valence-corrected chi connectivity index (χ0v) is 32.5. The molecule has 5 aliphatic rings. The van der Waals surface area contributed by atoms with Crippen LogP contribution in [0.15, 0.2) is 63.6 Å².